The molecule has 0 saturated carbocycles. The predicted molar refractivity (Wildman–Crippen MR) is 95.4 cm³/mol. The van der Waals surface area contributed by atoms with Crippen LogP contribution in [0.25, 0.3) is 0 Å². The molecule has 1 aliphatic rings. The van der Waals surface area contributed by atoms with Crippen LogP contribution in [0.3, 0.4) is 0 Å². The number of para-hydroxylation sites is 1. The summed E-state index contributed by atoms with van der Waals surface area (Å²) in [5, 5.41) is 13.7. The Bertz CT molecular complexity index is 725. The van der Waals surface area contributed by atoms with Gasteiger partial charge in [0, 0.05) is 31.7 Å². The van der Waals surface area contributed by atoms with Gasteiger partial charge in [-0.15, -0.1) is 10.2 Å². The van der Waals surface area contributed by atoms with Crippen molar-refractivity contribution < 1.29 is 9.59 Å². The van der Waals surface area contributed by atoms with Gasteiger partial charge >= 0.3 is 0 Å². The molecule has 0 aliphatic carbocycles. The Kier molecular flexibility index (Phi) is 5.23. The molecule has 1 aliphatic heterocycles. The fourth-order valence-electron chi connectivity index (χ4n) is 2.91. The van der Waals surface area contributed by atoms with Crippen molar-refractivity contribution in [2.45, 2.75) is 12.8 Å². The maximum absolute atomic E-state index is 12.2. The van der Waals surface area contributed by atoms with Gasteiger partial charge < -0.3 is 15.5 Å². The zero-order chi connectivity index (χ0) is 17.6. The Hall–Kier alpha value is -2.96. The van der Waals surface area contributed by atoms with Crippen molar-refractivity contribution >= 4 is 23.3 Å². The van der Waals surface area contributed by atoms with E-state index in [2.05, 4.69) is 25.7 Å². The summed E-state index contributed by atoms with van der Waals surface area (Å²) in [7, 11) is 1.67. The highest BCUT2D eigenvalue weighted by Gasteiger charge is 2.25. The smallest absolute Gasteiger partial charge is 0.276 e. The molecule has 1 saturated heterocycles. The number of benzene rings is 1. The summed E-state index contributed by atoms with van der Waals surface area (Å²) < 4.78 is 0. The number of aromatic nitrogens is 2. The van der Waals surface area contributed by atoms with Gasteiger partial charge in [0.05, 0.1) is 0 Å². The fourth-order valence-corrected chi connectivity index (χ4v) is 2.91. The van der Waals surface area contributed by atoms with Crippen LogP contribution in [-0.2, 0) is 4.79 Å². The Labute approximate surface area is 146 Å². The molecular weight excluding hydrogens is 318 g/mol. The number of carbonyl (C=O) groups excluding carboxylic acids is 2. The molecule has 7 heteroatoms. The molecule has 7 nitrogen and oxygen atoms in total. The van der Waals surface area contributed by atoms with E-state index in [1.807, 2.05) is 30.3 Å². The van der Waals surface area contributed by atoms with Gasteiger partial charge in [-0.05, 0) is 37.1 Å². The van der Waals surface area contributed by atoms with E-state index < -0.39 is 0 Å². The van der Waals surface area contributed by atoms with E-state index in [0.29, 0.717) is 0 Å². The van der Waals surface area contributed by atoms with Gasteiger partial charge in [-0.25, -0.2) is 0 Å². The van der Waals surface area contributed by atoms with Crippen molar-refractivity contribution in [2.24, 2.45) is 5.92 Å². The first-order chi connectivity index (χ1) is 12.2. The molecule has 2 heterocycles. The minimum atomic E-state index is -0.288. The van der Waals surface area contributed by atoms with Crippen LogP contribution in [0.2, 0.25) is 0 Å². The van der Waals surface area contributed by atoms with E-state index in [-0.39, 0.29) is 23.4 Å². The SMILES string of the molecule is CNC(=O)C1CCN(c2ccc(C(=O)Nc3ccccc3)nn2)CC1. The number of amides is 2. The summed E-state index contributed by atoms with van der Waals surface area (Å²) >= 11 is 0. The summed E-state index contributed by atoms with van der Waals surface area (Å²) in [6, 6.07) is 12.7. The summed E-state index contributed by atoms with van der Waals surface area (Å²) in [6.45, 7) is 1.50. The van der Waals surface area contributed by atoms with E-state index in [9.17, 15) is 9.59 Å². The van der Waals surface area contributed by atoms with Crippen molar-refractivity contribution in [2.75, 3.05) is 30.4 Å². The minimum absolute atomic E-state index is 0.0603. The van der Waals surface area contributed by atoms with Gasteiger partial charge in [0.1, 0.15) is 0 Å². The van der Waals surface area contributed by atoms with Crippen LogP contribution in [0.4, 0.5) is 11.5 Å². The number of rotatable bonds is 4. The van der Waals surface area contributed by atoms with Gasteiger partial charge in [-0.3, -0.25) is 9.59 Å². The number of hydrogen-bond acceptors (Lipinski definition) is 5. The van der Waals surface area contributed by atoms with Crippen molar-refractivity contribution in [3.8, 4) is 0 Å². The van der Waals surface area contributed by atoms with E-state index >= 15 is 0 Å². The number of piperidine rings is 1. The molecule has 1 aromatic carbocycles. The second kappa shape index (κ2) is 7.74. The van der Waals surface area contributed by atoms with Crippen molar-refractivity contribution in [3.63, 3.8) is 0 Å². The molecule has 0 radical (unpaired) electrons. The molecule has 0 atom stereocenters. The van der Waals surface area contributed by atoms with Crippen LogP contribution in [-0.4, -0.2) is 42.1 Å². The molecule has 25 heavy (non-hydrogen) atoms. The van der Waals surface area contributed by atoms with E-state index in [4.69, 9.17) is 0 Å². The lowest BCUT2D eigenvalue weighted by Gasteiger charge is -2.31. The van der Waals surface area contributed by atoms with Crippen molar-refractivity contribution in [1.29, 1.82) is 0 Å². The first kappa shape index (κ1) is 16.9. The van der Waals surface area contributed by atoms with E-state index in [1.165, 1.54) is 0 Å². The number of nitrogens with zero attached hydrogens (tertiary/aromatic N) is 3. The number of anilines is 2. The third-order valence-electron chi connectivity index (χ3n) is 4.35. The summed E-state index contributed by atoms with van der Waals surface area (Å²) in [6.07, 6.45) is 1.58. The average molecular weight is 339 g/mol. The van der Waals surface area contributed by atoms with Crippen molar-refractivity contribution in [3.05, 3.63) is 48.2 Å². The average Bonchev–Trinajstić information content (AvgIpc) is 2.68. The standard InChI is InChI=1S/C18H21N5O2/c1-19-17(24)13-9-11-23(12-10-13)16-8-7-15(21-22-16)18(25)20-14-5-3-2-4-6-14/h2-8,13H,9-12H2,1H3,(H,19,24)(H,20,25). The number of hydrogen-bond donors (Lipinski definition) is 2. The van der Waals surface area contributed by atoms with Crippen LogP contribution in [0, 0.1) is 5.92 Å². The highest BCUT2D eigenvalue weighted by molar-refractivity contribution is 6.02. The lowest BCUT2D eigenvalue weighted by molar-refractivity contribution is -0.125. The third-order valence-corrected chi connectivity index (χ3v) is 4.35. The monoisotopic (exact) mass is 339 g/mol. The topological polar surface area (TPSA) is 87.2 Å². The van der Waals surface area contributed by atoms with Gasteiger partial charge in [-0.1, -0.05) is 18.2 Å². The first-order valence-corrected chi connectivity index (χ1v) is 8.34. The third kappa shape index (κ3) is 4.12. The lowest BCUT2D eigenvalue weighted by Crippen LogP contribution is -2.40. The predicted octanol–water partition coefficient (Wildman–Crippen LogP) is 1.69. The summed E-state index contributed by atoms with van der Waals surface area (Å²) in [4.78, 5) is 25.9. The molecule has 0 bridgehead atoms. The second-order valence-electron chi connectivity index (χ2n) is 5.97. The molecule has 1 aromatic heterocycles. The molecule has 2 aromatic rings. The van der Waals surface area contributed by atoms with E-state index in [0.717, 1.165) is 37.4 Å². The minimum Gasteiger partial charge on any atom is -0.359 e. The number of carbonyl (C=O) groups is 2. The molecular formula is C18H21N5O2. The van der Waals surface area contributed by atoms with Gasteiger partial charge in [0.25, 0.3) is 5.91 Å². The van der Waals surface area contributed by atoms with E-state index in [1.54, 1.807) is 19.2 Å². The van der Waals surface area contributed by atoms with Crippen LogP contribution < -0.4 is 15.5 Å². The fraction of sp³-hybridized carbons (Fsp3) is 0.333. The maximum atomic E-state index is 12.2. The Morgan fingerprint density at radius 3 is 2.36 bits per heavy atom. The molecule has 3 rings (SSSR count). The van der Waals surface area contributed by atoms with Crippen LogP contribution in [0.1, 0.15) is 23.3 Å². The largest absolute Gasteiger partial charge is 0.359 e. The molecule has 0 unspecified atom stereocenters. The molecule has 2 amide bonds. The number of nitrogens with one attached hydrogen (secondary N) is 2. The lowest BCUT2D eigenvalue weighted by atomic mass is 9.96. The van der Waals surface area contributed by atoms with Gasteiger partial charge in [-0.2, -0.15) is 0 Å². The van der Waals surface area contributed by atoms with Crippen LogP contribution >= 0.6 is 0 Å². The first-order valence-electron chi connectivity index (χ1n) is 8.34. The van der Waals surface area contributed by atoms with Gasteiger partial charge in [0.15, 0.2) is 11.5 Å². The van der Waals surface area contributed by atoms with Gasteiger partial charge in [0.2, 0.25) is 5.91 Å². The maximum Gasteiger partial charge on any atom is 0.276 e. The molecule has 2 N–H and O–H groups in total. The zero-order valence-corrected chi connectivity index (χ0v) is 14.1. The van der Waals surface area contributed by atoms with Crippen molar-refractivity contribution in [1.82, 2.24) is 15.5 Å². The molecule has 0 spiro atoms. The Morgan fingerprint density at radius 2 is 1.76 bits per heavy atom. The zero-order valence-electron chi connectivity index (χ0n) is 14.1. The highest BCUT2D eigenvalue weighted by atomic mass is 16.2. The van der Waals surface area contributed by atoms with Crippen LogP contribution in [0.5, 0.6) is 0 Å². The summed E-state index contributed by atoms with van der Waals surface area (Å²) in [5.74, 6) is 0.596. The van der Waals surface area contributed by atoms with Crippen LogP contribution in [0.15, 0.2) is 42.5 Å². The second-order valence-corrected chi connectivity index (χ2v) is 5.97. The Morgan fingerprint density at radius 1 is 1.04 bits per heavy atom. The quantitative estimate of drug-likeness (QED) is 0.885. The Balaban J connectivity index is 1.59. The normalized spacial score (nSPS) is 14.8. The summed E-state index contributed by atoms with van der Waals surface area (Å²) in [5.41, 5.74) is 0.988. The molecule has 1 fully saturated rings. The molecule has 130 valence electrons. The highest BCUT2D eigenvalue weighted by Crippen LogP contribution is 2.21.